The largest absolute Gasteiger partial charge is 0.573 e. The molecule has 0 fully saturated rings. The summed E-state index contributed by atoms with van der Waals surface area (Å²) in [4.78, 5) is 11.5. The number of aliphatic carboxylic acids is 1. The van der Waals surface area contributed by atoms with E-state index in [0.717, 1.165) is 32.3 Å². The zero-order valence-electron chi connectivity index (χ0n) is 18.9. The van der Waals surface area contributed by atoms with E-state index >= 15 is 0 Å². The predicted octanol–water partition coefficient (Wildman–Crippen LogP) is 5.39. The van der Waals surface area contributed by atoms with Crippen LogP contribution in [0.5, 0.6) is 5.75 Å². The zero-order valence-corrected chi connectivity index (χ0v) is 19.7. The summed E-state index contributed by atoms with van der Waals surface area (Å²) >= 11 is 1.42. The number of alkyl halides is 3. The Kier molecular flexibility index (Phi) is 6.01. The number of hydrogen-bond donors (Lipinski definition) is 3. The van der Waals surface area contributed by atoms with Crippen LogP contribution in [0.15, 0.2) is 65.8 Å². The second-order valence-electron chi connectivity index (χ2n) is 8.76. The third kappa shape index (κ3) is 4.95. The third-order valence-electron chi connectivity index (χ3n) is 6.05. The van der Waals surface area contributed by atoms with Crippen LogP contribution in [0, 0.1) is 0 Å². The van der Waals surface area contributed by atoms with Crippen LogP contribution in [0.2, 0.25) is 0 Å². The Morgan fingerprint density at radius 3 is 2.69 bits per heavy atom. The molecule has 2 aromatic heterocycles. The highest BCUT2D eigenvalue weighted by Gasteiger charge is 2.31. The van der Waals surface area contributed by atoms with Crippen molar-refractivity contribution in [2.24, 2.45) is 11.5 Å². The number of rotatable bonds is 6. The molecule has 2 heterocycles. The molecule has 1 aliphatic carbocycles. The number of carboxylic acids is 1. The molecular weight excluding hydrogens is 491 g/mol. The lowest BCUT2D eigenvalue weighted by atomic mass is 9.94. The summed E-state index contributed by atoms with van der Waals surface area (Å²) in [6.45, 7) is 0.339. The SMILES string of the molecule is NC1=CC(c2ccc3c(CC(=O)O)cn(Cc4csc5ccc(OC(F)(F)F)cc45)c3c2)=CC(N)C1. The van der Waals surface area contributed by atoms with Crippen LogP contribution in [0.3, 0.4) is 0 Å². The lowest BCUT2D eigenvalue weighted by Crippen LogP contribution is -2.23. The highest BCUT2D eigenvalue weighted by atomic mass is 32.1. The summed E-state index contributed by atoms with van der Waals surface area (Å²) in [6, 6.07) is 9.83. The molecule has 0 radical (unpaired) electrons. The summed E-state index contributed by atoms with van der Waals surface area (Å²) in [5.74, 6) is -1.24. The number of benzene rings is 2. The number of carboxylic acid groups (broad SMARTS) is 1. The zero-order chi connectivity index (χ0) is 25.6. The lowest BCUT2D eigenvalue weighted by molar-refractivity contribution is -0.274. The van der Waals surface area contributed by atoms with Crippen molar-refractivity contribution in [1.82, 2.24) is 4.57 Å². The number of fused-ring (bicyclic) bond motifs is 2. The number of hydrogen-bond acceptors (Lipinski definition) is 5. The maximum atomic E-state index is 12.7. The highest BCUT2D eigenvalue weighted by Crippen LogP contribution is 2.34. The van der Waals surface area contributed by atoms with Gasteiger partial charge in [0.1, 0.15) is 5.75 Å². The number of halogens is 3. The number of allylic oxidation sites excluding steroid dienone is 2. The van der Waals surface area contributed by atoms with Gasteiger partial charge in [0.15, 0.2) is 0 Å². The summed E-state index contributed by atoms with van der Waals surface area (Å²) in [6.07, 6.45) is 1.25. The fourth-order valence-corrected chi connectivity index (χ4v) is 5.53. The molecular formula is C26H22F3N3O3S. The molecule has 0 amide bonds. The molecule has 0 aliphatic heterocycles. The van der Waals surface area contributed by atoms with Gasteiger partial charge in [-0.3, -0.25) is 4.79 Å². The van der Waals surface area contributed by atoms with Gasteiger partial charge in [0, 0.05) is 51.9 Å². The first-order valence-corrected chi connectivity index (χ1v) is 12.0. The molecule has 2 aromatic carbocycles. The maximum Gasteiger partial charge on any atom is 0.573 e. The Bertz CT molecular complexity index is 1550. The van der Waals surface area contributed by atoms with Crippen molar-refractivity contribution in [3.63, 3.8) is 0 Å². The number of nitrogens with zero attached hydrogens (tertiary/aromatic N) is 1. The van der Waals surface area contributed by atoms with Crippen LogP contribution in [0.4, 0.5) is 13.2 Å². The Morgan fingerprint density at radius 2 is 1.97 bits per heavy atom. The van der Waals surface area contributed by atoms with Crippen LogP contribution in [0.25, 0.3) is 26.6 Å². The Labute approximate surface area is 207 Å². The van der Waals surface area contributed by atoms with Gasteiger partial charge in [0.05, 0.1) is 6.42 Å². The molecule has 6 nitrogen and oxygen atoms in total. The molecule has 0 spiro atoms. The van der Waals surface area contributed by atoms with Gasteiger partial charge in [0.25, 0.3) is 0 Å². The fourth-order valence-electron chi connectivity index (χ4n) is 4.59. The van der Waals surface area contributed by atoms with E-state index in [9.17, 15) is 23.1 Å². The first-order valence-electron chi connectivity index (χ1n) is 11.1. The van der Waals surface area contributed by atoms with Crippen molar-refractivity contribution in [3.05, 3.63) is 82.5 Å². The molecule has 1 unspecified atom stereocenters. The van der Waals surface area contributed by atoms with E-state index < -0.39 is 12.3 Å². The second-order valence-corrected chi connectivity index (χ2v) is 9.67. The van der Waals surface area contributed by atoms with E-state index in [1.54, 1.807) is 12.3 Å². The molecule has 0 bridgehead atoms. The van der Waals surface area contributed by atoms with Crippen LogP contribution in [-0.2, 0) is 17.8 Å². The van der Waals surface area contributed by atoms with Gasteiger partial charge in [-0.1, -0.05) is 18.2 Å². The van der Waals surface area contributed by atoms with E-state index in [4.69, 9.17) is 11.5 Å². The monoisotopic (exact) mass is 513 g/mol. The van der Waals surface area contributed by atoms with Gasteiger partial charge in [-0.25, -0.2) is 0 Å². The van der Waals surface area contributed by atoms with Crippen molar-refractivity contribution >= 4 is 43.9 Å². The number of carbonyl (C=O) groups is 1. The molecule has 0 saturated heterocycles. The molecule has 1 aliphatic rings. The summed E-state index contributed by atoms with van der Waals surface area (Å²) in [5, 5.41) is 12.7. The average Bonchev–Trinajstić information content (AvgIpc) is 3.32. The van der Waals surface area contributed by atoms with Gasteiger partial charge < -0.3 is 25.9 Å². The van der Waals surface area contributed by atoms with Crippen LogP contribution in [0.1, 0.15) is 23.1 Å². The molecule has 186 valence electrons. The summed E-state index contributed by atoms with van der Waals surface area (Å²) < 4.78 is 45.1. The number of ether oxygens (including phenoxy) is 1. The second kappa shape index (κ2) is 9.03. The van der Waals surface area contributed by atoms with Gasteiger partial charge in [0.2, 0.25) is 0 Å². The van der Waals surface area contributed by atoms with E-state index in [1.807, 2.05) is 40.3 Å². The fraction of sp³-hybridized carbons (Fsp3) is 0.192. The van der Waals surface area contributed by atoms with Gasteiger partial charge in [-0.2, -0.15) is 0 Å². The number of nitrogens with two attached hydrogens (primary N) is 2. The van der Waals surface area contributed by atoms with Crippen molar-refractivity contribution in [3.8, 4) is 5.75 Å². The minimum Gasteiger partial charge on any atom is -0.481 e. The third-order valence-corrected chi connectivity index (χ3v) is 7.06. The lowest BCUT2D eigenvalue weighted by Gasteiger charge is -2.17. The smallest absolute Gasteiger partial charge is 0.481 e. The number of aromatic nitrogens is 1. The van der Waals surface area contributed by atoms with Crippen molar-refractivity contribution in [1.29, 1.82) is 0 Å². The Hall–Kier alpha value is -3.76. The van der Waals surface area contributed by atoms with Crippen LogP contribution >= 0.6 is 11.3 Å². The summed E-state index contributed by atoms with van der Waals surface area (Å²) in [7, 11) is 0. The first-order chi connectivity index (χ1) is 17.1. The van der Waals surface area contributed by atoms with Crippen molar-refractivity contribution in [2.45, 2.75) is 31.8 Å². The van der Waals surface area contributed by atoms with Crippen molar-refractivity contribution in [2.75, 3.05) is 0 Å². The van der Waals surface area contributed by atoms with Crippen LogP contribution < -0.4 is 16.2 Å². The quantitative estimate of drug-likeness (QED) is 0.321. The average molecular weight is 514 g/mol. The molecule has 1 atom stereocenters. The molecule has 4 aromatic rings. The van der Waals surface area contributed by atoms with Crippen LogP contribution in [-0.4, -0.2) is 28.0 Å². The summed E-state index contributed by atoms with van der Waals surface area (Å²) in [5.41, 5.74) is 16.8. The highest BCUT2D eigenvalue weighted by molar-refractivity contribution is 7.17. The van der Waals surface area contributed by atoms with E-state index in [-0.39, 0.29) is 18.2 Å². The molecule has 36 heavy (non-hydrogen) atoms. The predicted molar refractivity (Wildman–Crippen MR) is 134 cm³/mol. The minimum atomic E-state index is -4.78. The standard InChI is InChI=1S/C26H22F3N3O3S/c27-26(28,29)35-20-2-4-24-22(10-20)17(13-36-24)12-32-11-16(8-25(33)34)21-3-1-14(7-23(21)32)15-5-18(30)9-19(31)6-15/h1-7,10-11,13,18H,8-9,12,30-31H2,(H,33,34). The molecule has 5 N–H and O–H groups in total. The Balaban J connectivity index is 1.58. The Morgan fingerprint density at radius 1 is 1.17 bits per heavy atom. The topological polar surface area (TPSA) is 104 Å². The molecule has 5 rings (SSSR count). The van der Waals surface area contributed by atoms with Gasteiger partial charge in [-0.05, 0) is 58.0 Å². The van der Waals surface area contributed by atoms with E-state index in [0.29, 0.717) is 29.6 Å². The van der Waals surface area contributed by atoms with E-state index in [2.05, 4.69) is 4.74 Å². The number of thiophene rings is 1. The van der Waals surface area contributed by atoms with E-state index in [1.165, 1.54) is 23.5 Å². The van der Waals surface area contributed by atoms with Gasteiger partial charge in [-0.15, -0.1) is 24.5 Å². The molecule has 10 heteroatoms. The normalized spacial score (nSPS) is 16.3. The van der Waals surface area contributed by atoms with Gasteiger partial charge >= 0.3 is 12.3 Å². The van der Waals surface area contributed by atoms with Crippen molar-refractivity contribution < 1.29 is 27.8 Å². The maximum absolute atomic E-state index is 12.7. The first kappa shape index (κ1) is 24.0. The minimum absolute atomic E-state index is 0.156. The molecule has 0 saturated carbocycles.